The maximum atomic E-state index is 14.2. The number of aryl methyl sites for hydroxylation is 1. The average molecular weight is 857 g/mol. The Bertz CT molecular complexity index is 1110. The van der Waals surface area contributed by atoms with Gasteiger partial charge < -0.3 is 0 Å². The van der Waals surface area contributed by atoms with Crippen molar-refractivity contribution in [1.82, 2.24) is 0 Å². The molecule has 0 N–H and O–H groups in total. The highest BCUT2D eigenvalue weighted by Gasteiger charge is 2.97. The molecule has 0 amide bonds. The number of hydrogen-bond acceptors (Lipinski definition) is 0. The molecule has 0 fully saturated rings. The summed E-state index contributed by atoms with van der Waals surface area (Å²) in [5.74, 6) is -76.6. The van der Waals surface area contributed by atoms with E-state index in [0.717, 1.165) is 22.6 Å². The van der Waals surface area contributed by atoms with Gasteiger partial charge in [0.05, 0.1) is 0 Å². The minimum Gasteiger partial charge on any atom is -0.200 e. The van der Waals surface area contributed by atoms with Gasteiger partial charge in [-0.05, 0) is 30.5 Å². The number of alkyl halides is 22. The molecule has 1 aromatic rings. The summed E-state index contributed by atoms with van der Waals surface area (Å²) < 4.78 is 281. The van der Waals surface area contributed by atoms with Crippen molar-refractivity contribution in [2.75, 3.05) is 0 Å². The zero-order chi connectivity index (χ0) is 34.7. The van der Waals surface area contributed by atoms with Crippen LogP contribution < -0.4 is 0 Å². The van der Waals surface area contributed by atoms with E-state index in [1.54, 1.807) is 0 Å². The Kier molecular flexibility index (Phi) is 10.8. The lowest BCUT2D eigenvalue weighted by Gasteiger charge is -2.44. The summed E-state index contributed by atoms with van der Waals surface area (Å²) in [7, 11) is 0. The van der Waals surface area contributed by atoms with Crippen molar-refractivity contribution in [3.8, 4) is 0 Å². The summed E-state index contributed by atoms with van der Waals surface area (Å²) in [6.45, 7) is 0. The predicted molar refractivity (Wildman–Crippen MR) is 115 cm³/mol. The lowest BCUT2D eigenvalue weighted by atomic mass is 9.85. The second kappa shape index (κ2) is 11.6. The molecule has 0 aliphatic carbocycles. The number of benzene rings is 1. The van der Waals surface area contributed by atoms with Gasteiger partial charge in [0.2, 0.25) is 0 Å². The SMILES string of the molecule is FC(F)(F)C(F)(F)C(F)(F)C(F)(F)C(F)(F)C(F)(F)C(F)(F)C(F)(F)C(F)(F)C(F)(F)CC(I)CCc1ccc(Br)cc1. The molecule has 0 bridgehead atoms. The zero-order valence-corrected chi connectivity index (χ0v) is 23.4. The lowest BCUT2D eigenvalue weighted by Crippen LogP contribution is -2.76. The molecule has 0 aliphatic rings. The van der Waals surface area contributed by atoms with Crippen LogP contribution in [0.5, 0.6) is 0 Å². The average Bonchev–Trinajstić information content (AvgIpc) is 2.81. The molecule has 0 saturated carbocycles. The molecule has 0 heterocycles. The van der Waals surface area contributed by atoms with Crippen LogP contribution >= 0.6 is 38.5 Å². The van der Waals surface area contributed by atoms with Gasteiger partial charge in [-0.15, -0.1) is 0 Å². The van der Waals surface area contributed by atoms with Crippen LogP contribution in [0.2, 0.25) is 0 Å². The van der Waals surface area contributed by atoms with Crippen LogP contribution in [0.1, 0.15) is 18.4 Å². The van der Waals surface area contributed by atoms with Crippen molar-refractivity contribution in [3.63, 3.8) is 0 Å². The molecule has 0 aromatic heterocycles. The van der Waals surface area contributed by atoms with Crippen LogP contribution in [0.15, 0.2) is 28.7 Å². The van der Waals surface area contributed by atoms with Crippen LogP contribution in [-0.2, 0) is 6.42 Å². The summed E-state index contributed by atoms with van der Waals surface area (Å²) >= 11 is 3.89. The lowest BCUT2D eigenvalue weighted by molar-refractivity contribution is -0.474. The fraction of sp³-hybridized carbons (Fsp3) is 0.700. The van der Waals surface area contributed by atoms with Crippen LogP contribution in [0.3, 0.4) is 0 Å². The number of halogens is 23. The first-order valence-electron chi connectivity index (χ1n) is 10.5. The van der Waals surface area contributed by atoms with Crippen molar-refractivity contribution in [2.24, 2.45) is 0 Å². The third-order valence-electron chi connectivity index (χ3n) is 5.71. The first kappa shape index (κ1) is 40.0. The van der Waals surface area contributed by atoms with Crippen molar-refractivity contribution >= 4 is 38.5 Å². The Hall–Kier alpha value is -1.04. The van der Waals surface area contributed by atoms with Crippen molar-refractivity contribution in [2.45, 2.75) is 82.7 Å². The van der Waals surface area contributed by atoms with Gasteiger partial charge in [-0.2, -0.15) is 92.2 Å². The zero-order valence-electron chi connectivity index (χ0n) is 19.7. The topological polar surface area (TPSA) is 0 Å². The summed E-state index contributed by atoms with van der Waals surface area (Å²) in [5.41, 5.74) is 0.299. The predicted octanol–water partition coefficient (Wildman–Crippen LogP) is 10.9. The van der Waals surface area contributed by atoms with E-state index in [2.05, 4.69) is 15.9 Å². The van der Waals surface area contributed by atoms with E-state index in [1.807, 2.05) is 0 Å². The Morgan fingerprint density at radius 3 is 1.12 bits per heavy atom. The van der Waals surface area contributed by atoms with Crippen molar-refractivity contribution in [1.29, 1.82) is 0 Å². The smallest absolute Gasteiger partial charge is 0.200 e. The van der Waals surface area contributed by atoms with E-state index in [9.17, 15) is 92.2 Å². The van der Waals surface area contributed by atoms with E-state index in [1.165, 1.54) is 24.3 Å². The molecular weight excluding hydrogens is 846 g/mol. The number of hydrogen-bond donors (Lipinski definition) is 0. The van der Waals surface area contributed by atoms with Crippen LogP contribution in [0.4, 0.5) is 92.2 Å². The van der Waals surface area contributed by atoms with E-state index < -0.39 is 76.2 Å². The Labute approximate surface area is 247 Å². The van der Waals surface area contributed by atoms with Crippen LogP contribution in [0, 0.1) is 0 Å². The van der Waals surface area contributed by atoms with Gasteiger partial charge in [-0.1, -0.05) is 50.7 Å². The summed E-state index contributed by atoms with van der Waals surface area (Å²) in [6.07, 6.45) is -11.5. The van der Waals surface area contributed by atoms with Gasteiger partial charge >= 0.3 is 59.5 Å². The first-order chi connectivity index (χ1) is 18.6. The second-order valence-corrected chi connectivity index (χ2v) is 11.4. The highest BCUT2D eigenvalue weighted by molar-refractivity contribution is 14.1. The quantitative estimate of drug-likeness (QED) is 0.105. The molecule has 0 nitrogen and oxygen atoms in total. The van der Waals surface area contributed by atoms with E-state index in [4.69, 9.17) is 0 Å². The largest absolute Gasteiger partial charge is 0.460 e. The van der Waals surface area contributed by atoms with Crippen molar-refractivity contribution in [3.05, 3.63) is 34.3 Å². The number of rotatable bonds is 13. The van der Waals surface area contributed by atoms with Gasteiger partial charge in [0.15, 0.2) is 0 Å². The molecule has 1 rings (SSSR count). The fourth-order valence-electron chi connectivity index (χ4n) is 3.07. The van der Waals surface area contributed by atoms with Crippen LogP contribution in [-0.4, -0.2) is 63.4 Å². The molecule has 0 aliphatic heterocycles. The van der Waals surface area contributed by atoms with E-state index in [0.29, 0.717) is 10.0 Å². The van der Waals surface area contributed by atoms with Crippen LogP contribution in [0.25, 0.3) is 0 Å². The highest BCUT2D eigenvalue weighted by atomic mass is 127. The molecule has 0 radical (unpaired) electrons. The van der Waals surface area contributed by atoms with Gasteiger partial charge in [0.25, 0.3) is 0 Å². The maximum absolute atomic E-state index is 14.2. The molecular formula is C20H11BrF21I. The van der Waals surface area contributed by atoms with Crippen molar-refractivity contribution < 1.29 is 92.2 Å². The monoisotopic (exact) mass is 856 g/mol. The standard InChI is InChI=1S/C20H11BrF21I/c21-9-4-1-8(2-5-9)3-6-10(43)7-11(22,23)12(24,25)13(26,27)14(28,29)15(30,31)16(32,33)17(34,35)18(36,37)19(38,39)20(40,41)42/h1-2,4-5,10H,3,6-7H2. The molecule has 0 spiro atoms. The van der Waals surface area contributed by atoms with E-state index >= 15 is 0 Å². The second-order valence-electron chi connectivity index (χ2n) is 8.76. The fourth-order valence-corrected chi connectivity index (χ4v) is 4.20. The Balaban J connectivity index is 3.50. The maximum Gasteiger partial charge on any atom is 0.460 e. The molecule has 0 saturated heterocycles. The first-order valence-corrected chi connectivity index (χ1v) is 12.5. The summed E-state index contributed by atoms with van der Waals surface area (Å²) in [5, 5.41) is 0. The molecule has 1 aromatic carbocycles. The van der Waals surface area contributed by atoms with Gasteiger partial charge in [-0.25, -0.2) is 0 Å². The minimum absolute atomic E-state index is 0.286. The molecule has 1 unspecified atom stereocenters. The third kappa shape index (κ3) is 6.22. The normalized spacial score (nSPS) is 16.4. The third-order valence-corrected chi connectivity index (χ3v) is 7.31. The summed E-state index contributed by atoms with van der Waals surface area (Å²) in [4.78, 5) is 0. The molecule has 43 heavy (non-hydrogen) atoms. The molecule has 23 heteroatoms. The van der Waals surface area contributed by atoms with Gasteiger partial charge in [-0.3, -0.25) is 0 Å². The minimum atomic E-state index is -9.16. The van der Waals surface area contributed by atoms with E-state index in [-0.39, 0.29) is 6.42 Å². The summed E-state index contributed by atoms with van der Waals surface area (Å²) in [6, 6.07) is 5.45. The van der Waals surface area contributed by atoms with Gasteiger partial charge in [0.1, 0.15) is 0 Å². The molecule has 252 valence electrons. The molecule has 1 atom stereocenters. The Morgan fingerprint density at radius 2 is 0.791 bits per heavy atom. The highest BCUT2D eigenvalue weighted by Crippen LogP contribution is 2.66. The Morgan fingerprint density at radius 1 is 0.488 bits per heavy atom. The van der Waals surface area contributed by atoms with Gasteiger partial charge in [0, 0.05) is 14.8 Å².